The summed E-state index contributed by atoms with van der Waals surface area (Å²) in [6, 6.07) is 0. The highest BCUT2D eigenvalue weighted by Gasteiger charge is 2.54. The van der Waals surface area contributed by atoms with Crippen molar-refractivity contribution in [2.75, 3.05) is 26.4 Å². The Kier molecular flexibility index (Phi) is 11.1. The van der Waals surface area contributed by atoms with Crippen molar-refractivity contribution in [3.8, 4) is 0 Å². The van der Waals surface area contributed by atoms with Gasteiger partial charge in [0.15, 0.2) is 25.2 Å². The molecule has 11 unspecified atom stereocenters. The third kappa shape index (κ3) is 6.50. The van der Waals surface area contributed by atoms with E-state index in [0.29, 0.717) is 0 Å². The maximum Gasteiger partial charge on any atom is 0.187 e. The molecule has 44 heavy (non-hydrogen) atoms. The third-order valence-corrected chi connectivity index (χ3v) is 8.41. The summed E-state index contributed by atoms with van der Waals surface area (Å²) >= 11 is 0. The molecule has 5 rings (SSSR count). The Morgan fingerprint density at radius 3 is 1.07 bits per heavy atom. The van der Waals surface area contributed by atoms with Gasteiger partial charge in [-0.25, -0.2) is 0 Å². The Balaban J connectivity index is 1.47. The number of aliphatic hydroxyl groups excluding tert-OH is 12. The molecule has 0 spiro atoms. The predicted octanol–water partition coefficient (Wildman–Crippen LogP) is -8.70. The number of hydrogen-bond donors (Lipinski definition) is 12. The minimum Gasteiger partial charge on any atom is -0.394 e. The summed E-state index contributed by atoms with van der Waals surface area (Å²) in [5.41, 5.74) is 0. The lowest BCUT2D eigenvalue weighted by atomic mass is 9.96. The van der Waals surface area contributed by atoms with E-state index in [1.54, 1.807) is 0 Å². The van der Waals surface area contributed by atoms with Crippen LogP contribution in [0.4, 0.5) is 0 Å². The summed E-state index contributed by atoms with van der Waals surface area (Å²) in [4.78, 5) is 0. The molecule has 0 radical (unpaired) electrons. The van der Waals surface area contributed by atoms with Crippen LogP contribution in [0.15, 0.2) is 0 Å². The maximum absolute atomic E-state index is 11.0. The van der Waals surface area contributed by atoms with Crippen molar-refractivity contribution < 1.29 is 99.2 Å². The standard InChI is InChI=1S/C24H40O20/c25-1-5-11(29)19-17(35)21(39-5)37-3-7-9(27)14(32)16(34)24(42-7)44-20-12(30)6(2-26)40-22(18(20)36)38-4-8-10(28)13(31)15(33)23(41-8)43-19/h5-36H,1-4H2/t5-,6-,7?,8?,9+,10+,11?,12?,13?,14?,15-,16?,17?,18?,19-,20-,21?,22?,23+,24+/m0/s1. The molecule has 8 bridgehead atoms. The van der Waals surface area contributed by atoms with Crippen LogP contribution in [0.5, 0.6) is 0 Å². The highest BCUT2D eigenvalue weighted by Crippen LogP contribution is 2.33. The van der Waals surface area contributed by atoms with Crippen molar-refractivity contribution in [2.45, 2.75) is 123 Å². The topological polar surface area (TPSA) is 317 Å². The smallest absolute Gasteiger partial charge is 0.187 e. The van der Waals surface area contributed by atoms with E-state index in [2.05, 4.69) is 0 Å². The van der Waals surface area contributed by atoms with Crippen LogP contribution in [0, 0.1) is 0 Å². The normalized spacial score (nSPS) is 55.9. The molecule has 0 aromatic carbocycles. The minimum absolute atomic E-state index is 0.674. The van der Waals surface area contributed by atoms with Crippen molar-refractivity contribution in [1.29, 1.82) is 0 Å². The van der Waals surface area contributed by atoms with E-state index in [0.717, 1.165) is 0 Å². The lowest BCUT2D eigenvalue weighted by Crippen LogP contribution is -2.67. The Hall–Kier alpha value is -0.800. The fourth-order valence-corrected chi connectivity index (χ4v) is 5.73. The first kappa shape index (κ1) is 34.5. The van der Waals surface area contributed by atoms with Crippen LogP contribution < -0.4 is 0 Å². The van der Waals surface area contributed by atoms with Gasteiger partial charge in [-0.1, -0.05) is 0 Å². The molecule has 20 atom stereocenters. The first-order valence-corrected chi connectivity index (χ1v) is 14.1. The van der Waals surface area contributed by atoms with Crippen molar-refractivity contribution in [3.05, 3.63) is 0 Å². The zero-order valence-electron chi connectivity index (χ0n) is 23.0. The first-order valence-electron chi connectivity index (χ1n) is 14.1. The number of hydrogen-bond acceptors (Lipinski definition) is 20. The van der Waals surface area contributed by atoms with Gasteiger partial charge in [-0.2, -0.15) is 0 Å². The summed E-state index contributed by atoms with van der Waals surface area (Å²) in [7, 11) is 0. The van der Waals surface area contributed by atoms with Crippen LogP contribution >= 0.6 is 0 Å². The van der Waals surface area contributed by atoms with Gasteiger partial charge < -0.3 is 99.2 Å². The molecule has 0 aliphatic carbocycles. The molecule has 20 nitrogen and oxygen atoms in total. The van der Waals surface area contributed by atoms with E-state index >= 15 is 0 Å². The summed E-state index contributed by atoms with van der Waals surface area (Å²) in [5.74, 6) is 0. The summed E-state index contributed by atoms with van der Waals surface area (Å²) in [5, 5.41) is 126. The molecule has 0 saturated carbocycles. The van der Waals surface area contributed by atoms with E-state index < -0.39 is 149 Å². The molecule has 20 heteroatoms. The number of aliphatic hydroxyl groups is 12. The van der Waals surface area contributed by atoms with Crippen LogP contribution in [0.25, 0.3) is 0 Å². The molecule has 5 aliphatic rings. The van der Waals surface area contributed by atoms with Crippen LogP contribution in [0.1, 0.15) is 0 Å². The highest BCUT2D eigenvalue weighted by atomic mass is 16.8. The second kappa shape index (κ2) is 14.1. The van der Waals surface area contributed by atoms with Crippen molar-refractivity contribution in [1.82, 2.24) is 0 Å². The molecule has 0 aromatic heterocycles. The Morgan fingerprint density at radius 1 is 0.364 bits per heavy atom. The molecule has 12 N–H and O–H groups in total. The van der Waals surface area contributed by atoms with Gasteiger partial charge >= 0.3 is 0 Å². The zero-order chi connectivity index (χ0) is 32.0. The monoisotopic (exact) mass is 648 g/mol. The molecular formula is C24H40O20. The van der Waals surface area contributed by atoms with Crippen LogP contribution in [-0.2, 0) is 37.9 Å². The quantitative estimate of drug-likeness (QED) is 0.132. The van der Waals surface area contributed by atoms with Crippen LogP contribution in [-0.4, -0.2) is 211 Å². The Morgan fingerprint density at radius 2 is 0.727 bits per heavy atom. The van der Waals surface area contributed by atoms with E-state index in [1.807, 2.05) is 0 Å². The maximum atomic E-state index is 11.0. The first-order chi connectivity index (χ1) is 20.9. The fourth-order valence-electron chi connectivity index (χ4n) is 5.73. The lowest BCUT2D eigenvalue weighted by molar-refractivity contribution is -0.383. The largest absolute Gasteiger partial charge is 0.394 e. The van der Waals surface area contributed by atoms with Crippen LogP contribution in [0.2, 0.25) is 0 Å². The van der Waals surface area contributed by atoms with Gasteiger partial charge in [-0.15, -0.1) is 0 Å². The Labute approximate surface area is 249 Å². The molecule has 0 aromatic rings. The average molecular weight is 649 g/mol. The van der Waals surface area contributed by atoms with Gasteiger partial charge in [0, 0.05) is 0 Å². The van der Waals surface area contributed by atoms with Gasteiger partial charge in [-0.05, 0) is 0 Å². The van der Waals surface area contributed by atoms with Crippen molar-refractivity contribution in [3.63, 3.8) is 0 Å². The van der Waals surface area contributed by atoms with Crippen LogP contribution in [0.3, 0.4) is 0 Å². The molecule has 5 fully saturated rings. The predicted molar refractivity (Wildman–Crippen MR) is 131 cm³/mol. The van der Waals surface area contributed by atoms with Crippen molar-refractivity contribution >= 4 is 0 Å². The van der Waals surface area contributed by atoms with Gasteiger partial charge in [-0.3, -0.25) is 0 Å². The second-order valence-electron chi connectivity index (χ2n) is 11.3. The summed E-state index contributed by atoms with van der Waals surface area (Å²) in [6.07, 6.45) is -34.8. The van der Waals surface area contributed by atoms with E-state index in [4.69, 9.17) is 37.9 Å². The molecule has 5 aliphatic heterocycles. The number of fused-ring (bicyclic) bond motifs is 8. The van der Waals surface area contributed by atoms with Gasteiger partial charge in [0.1, 0.15) is 97.7 Å². The van der Waals surface area contributed by atoms with E-state index in [1.165, 1.54) is 0 Å². The molecule has 0 amide bonds. The molecule has 5 heterocycles. The van der Waals surface area contributed by atoms with E-state index in [-0.39, 0.29) is 0 Å². The SMILES string of the molecule is OC[C@@H]1OC2OCC3O[C@H](O[C@@H]4C(O)C(OCC5O[C@H](O[C@H](C2O)C1O)C(O)C(O)[C@@H]5O)O[C@@H](CO)C4O)[C@@H](O)C(O)[C@@H]3O. The van der Waals surface area contributed by atoms with Crippen molar-refractivity contribution in [2.24, 2.45) is 0 Å². The number of rotatable bonds is 2. The molecule has 256 valence electrons. The summed E-state index contributed by atoms with van der Waals surface area (Å²) < 4.78 is 44.3. The third-order valence-electron chi connectivity index (χ3n) is 8.41. The lowest BCUT2D eigenvalue weighted by Gasteiger charge is -2.48. The molecule has 5 saturated heterocycles. The number of ether oxygens (including phenoxy) is 8. The second-order valence-corrected chi connectivity index (χ2v) is 11.3. The van der Waals surface area contributed by atoms with E-state index in [9.17, 15) is 61.3 Å². The highest BCUT2D eigenvalue weighted by molar-refractivity contribution is 4.97. The van der Waals surface area contributed by atoms with Gasteiger partial charge in [0.05, 0.1) is 26.4 Å². The Bertz CT molecular complexity index is 860. The fraction of sp³-hybridized carbons (Fsp3) is 1.00. The minimum atomic E-state index is -1.93. The average Bonchev–Trinajstić information content (AvgIpc) is 3.01. The van der Waals surface area contributed by atoms with Gasteiger partial charge in [0.2, 0.25) is 0 Å². The summed E-state index contributed by atoms with van der Waals surface area (Å²) in [6.45, 7) is -2.95. The van der Waals surface area contributed by atoms with Gasteiger partial charge in [0.25, 0.3) is 0 Å². The molecular weight excluding hydrogens is 608 g/mol. The zero-order valence-corrected chi connectivity index (χ0v) is 23.0.